The van der Waals surface area contributed by atoms with Gasteiger partial charge in [0, 0.05) is 36.2 Å². The number of benzene rings is 3. The van der Waals surface area contributed by atoms with E-state index < -0.39 is 0 Å². The van der Waals surface area contributed by atoms with Crippen LogP contribution < -0.4 is 0 Å². The maximum absolute atomic E-state index is 13.6. The van der Waals surface area contributed by atoms with Crippen molar-refractivity contribution < 1.29 is 9.18 Å². The maximum Gasteiger partial charge on any atom is 0.253 e. The van der Waals surface area contributed by atoms with Gasteiger partial charge in [-0.3, -0.25) is 9.36 Å². The second kappa shape index (κ2) is 10.7. The Morgan fingerprint density at radius 2 is 1.71 bits per heavy atom. The molecule has 3 aromatic carbocycles. The molecule has 0 bridgehead atoms. The number of carbonyl (C=O) groups excluding carboxylic acids is 1. The molecule has 7 heteroatoms. The first kappa shape index (κ1) is 23.7. The van der Waals surface area contributed by atoms with Crippen molar-refractivity contribution in [3.63, 3.8) is 0 Å². The molecule has 1 aromatic heterocycles. The van der Waals surface area contributed by atoms with Crippen LogP contribution in [0, 0.1) is 12.7 Å². The Hall–Kier alpha value is -3.45. The normalized spacial score (nSPS) is 10.9. The fourth-order valence-corrected chi connectivity index (χ4v) is 4.67. The van der Waals surface area contributed by atoms with Gasteiger partial charge in [-0.15, -0.1) is 10.2 Å². The van der Waals surface area contributed by atoms with E-state index in [4.69, 9.17) is 0 Å². The Morgan fingerprint density at radius 1 is 1.00 bits per heavy atom. The first-order valence-corrected chi connectivity index (χ1v) is 12.2. The van der Waals surface area contributed by atoms with Crippen LogP contribution in [0.5, 0.6) is 0 Å². The molecule has 0 aliphatic carbocycles. The van der Waals surface area contributed by atoms with Gasteiger partial charge in [-0.05, 0) is 49.2 Å². The van der Waals surface area contributed by atoms with Crippen molar-refractivity contribution in [1.29, 1.82) is 0 Å². The molecular weight excluding hydrogens is 447 g/mol. The molecule has 0 saturated carbocycles. The summed E-state index contributed by atoms with van der Waals surface area (Å²) in [4.78, 5) is 14.7. The zero-order chi connectivity index (χ0) is 24.1. The Morgan fingerprint density at radius 3 is 2.41 bits per heavy atom. The lowest BCUT2D eigenvalue weighted by Crippen LogP contribution is -2.28. The van der Waals surface area contributed by atoms with Crippen LogP contribution in [0.3, 0.4) is 0 Å². The van der Waals surface area contributed by atoms with E-state index in [1.54, 1.807) is 17.0 Å². The fraction of sp³-hybridized carbons (Fsp3) is 0.222. The van der Waals surface area contributed by atoms with Gasteiger partial charge in [0.05, 0.1) is 0 Å². The minimum Gasteiger partial charge on any atom is -0.342 e. The summed E-state index contributed by atoms with van der Waals surface area (Å²) in [6, 6.07) is 22.0. The number of halogens is 1. The number of carbonyl (C=O) groups is 1. The predicted octanol–water partition coefficient (Wildman–Crippen LogP) is 6.16. The lowest BCUT2D eigenvalue weighted by molar-refractivity contribution is 0.0794. The quantitative estimate of drug-likeness (QED) is 0.287. The molecule has 0 unspecified atom stereocenters. The summed E-state index contributed by atoms with van der Waals surface area (Å²) in [6.07, 6.45) is 0.904. The minimum atomic E-state index is -0.299. The highest BCUT2D eigenvalue weighted by Crippen LogP contribution is 2.31. The van der Waals surface area contributed by atoms with Gasteiger partial charge in [-0.25, -0.2) is 4.39 Å². The van der Waals surface area contributed by atoms with E-state index in [1.165, 1.54) is 23.9 Å². The van der Waals surface area contributed by atoms with Crippen LogP contribution in [0.2, 0.25) is 0 Å². The second-order valence-electron chi connectivity index (χ2n) is 8.16. The van der Waals surface area contributed by atoms with E-state index in [9.17, 15) is 9.18 Å². The number of nitrogens with zero attached hydrogens (tertiary/aromatic N) is 4. The van der Waals surface area contributed by atoms with Crippen molar-refractivity contribution in [2.75, 3.05) is 13.6 Å². The van der Waals surface area contributed by atoms with Crippen molar-refractivity contribution in [3.8, 4) is 17.1 Å². The van der Waals surface area contributed by atoms with Gasteiger partial charge < -0.3 is 4.90 Å². The lowest BCUT2D eigenvalue weighted by Gasteiger charge is -2.18. The number of rotatable bonds is 8. The number of amides is 1. The highest BCUT2D eigenvalue weighted by Gasteiger charge is 2.19. The van der Waals surface area contributed by atoms with E-state index in [2.05, 4.69) is 17.1 Å². The molecular formula is C27H27FN4OS. The van der Waals surface area contributed by atoms with Crippen molar-refractivity contribution in [3.05, 3.63) is 95.3 Å². The number of thioether (sulfide) groups is 1. The molecule has 1 amide bonds. The van der Waals surface area contributed by atoms with E-state index in [1.807, 2.05) is 67.1 Å². The Bertz CT molecular complexity index is 1270. The topological polar surface area (TPSA) is 51.0 Å². The fourth-order valence-electron chi connectivity index (χ4n) is 3.72. The van der Waals surface area contributed by atoms with Crippen LogP contribution in [-0.2, 0) is 5.75 Å². The summed E-state index contributed by atoms with van der Waals surface area (Å²) >= 11 is 1.50. The van der Waals surface area contributed by atoms with Gasteiger partial charge >= 0.3 is 0 Å². The molecule has 5 nitrogen and oxygen atoms in total. The number of aromatic nitrogens is 3. The number of aryl methyl sites for hydroxylation is 1. The van der Waals surface area contributed by atoms with Crippen molar-refractivity contribution in [1.82, 2.24) is 19.7 Å². The molecule has 0 radical (unpaired) electrons. The third kappa shape index (κ3) is 5.20. The van der Waals surface area contributed by atoms with Crippen LogP contribution in [-0.4, -0.2) is 39.2 Å². The van der Waals surface area contributed by atoms with Crippen LogP contribution in [0.25, 0.3) is 17.1 Å². The molecule has 0 aliphatic rings. The average Bonchev–Trinajstić information content (AvgIpc) is 3.27. The van der Waals surface area contributed by atoms with E-state index in [-0.39, 0.29) is 11.7 Å². The molecule has 0 N–H and O–H groups in total. The SMILES string of the molecule is CCCN(C)C(=O)c1ccccc1CSc1nnc(-c2ccc(C)cc2)n1-c1ccc(F)cc1. The van der Waals surface area contributed by atoms with Crippen LogP contribution in [0.4, 0.5) is 4.39 Å². The van der Waals surface area contributed by atoms with Gasteiger partial charge in [0.2, 0.25) is 0 Å². The number of hydrogen-bond donors (Lipinski definition) is 0. The largest absolute Gasteiger partial charge is 0.342 e. The predicted molar refractivity (Wildman–Crippen MR) is 135 cm³/mol. The average molecular weight is 475 g/mol. The van der Waals surface area contributed by atoms with Crippen LogP contribution in [0.15, 0.2) is 78.0 Å². The van der Waals surface area contributed by atoms with E-state index in [0.717, 1.165) is 28.8 Å². The maximum atomic E-state index is 13.6. The Balaban J connectivity index is 1.68. The number of hydrogen-bond acceptors (Lipinski definition) is 4. The molecule has 0 aliphatic heterocycles. The summed E-state index contributed by atoms with van der Waals surface area (Å²) in [5, 5.41) is 9.59. The molecule has 0 atom stereocenters. The summed E-state index contributed by atoms with van der Waals surface area (Å²) in [5.74, 6) is 0.945. The van der Waals surface area contributed by atoms with Gasteiger partial charge in [0.15, 0.2) is 11.0 Å². The van der Waals surface area contributed by atoms with Gasteiger partial charge in [0.25, 0.3) is 5.91 Å². The summed E-state index contributed by atoms with van der Waals surface area (Å²) in [7, 11) is 1.83. The smallest absolute Gasteiger partial charge is 0.253 e. The zero-order valence-electron chi connectivity index (χ0n) is 19.5. The van der Waals surface area contributed by atoms with Crippen molar-refractivity contribution in [2.24, 2.45) is 0 Å². The molecule has 0 spiro atoms. The van der Waals surface area contributed by atoms with E-state index >= 15 is 0 Å². The zero-order valence-corrected chi connectivity index (χ0v) is 20.3. The van der Waals surface area contributed by atoms with Crippen molar-refractivity contribution in [2.45, 2.75) is 31.2 Å². The van der Waals surface area contributed by atoms with Crippen molar-refractivity contribution >= 4 is 17.7 Å². The Labute approximate surface area is 203 Å². The molecule has 0 fully saturated rings. The lowest BCUT2D eigenvalue weighted by atomic mass is 10.1. The molecule has 174 valence electrons. The monoisotopic (exact) mass is 474 g/mol. The van der Waals surface area contributed by atoms with Gasteiger partial charge in [-0.2, -0.15) is 0 Å². The first-order valence-electron chi connectivity index (χ1n) is 11.2. The third-order valence-electron chi connectivity index (χ3n) is 5.54. The highest BCUT2D eigenvalue weighted by atomic mass is 32.2. The summed E-state index contributed by atoms with van der Waals surface area (Å²) in [6.45, 7) is 4.80. The van der Waals surface area contributed by atoms with Crippen LogP contribution >= 0.6 is 11.8 Å². The minimum absolute atomic E-state index is 0.0124. The highest BCUT2D eigenvalue weighted by molar-refractivity contribution is 7.98. The molecule has 1 heterocycles. The molecule has 4 aromatic rings. The van der Waals surface area contributed by atoms with Crippen LogP contribution in [0.1, 0.15) is 34.8 Å². The van der Waals surface area contributed by atoms with Gasteiger partial charge in [0.1, 0.15) is 5.82 Å². The second-order valence-corrected chi connectivity index (χ2v) is 9.10. The molecule has 4 rings (SSSR count). The summed E-state index contributed by atoms with van der Waals surface area (Å²) < 4.78 is 15.6. The standard InChI is InChI=1S/C27H27FN4OS/c1-4-17-31(3)26(33)24-8-6-5-7-21(24)18-34-27-30-29-25(20-11-9-19(2)10-12-20)32(27)23-15-13-22(28)14-16-23/h5-16H,4,17-18H2,1-3H3. The molecule has 0 saturated heterocycles. The van der Waals surface area contributed by atoms with E-state index in [0.29, 0.717) is 28.8 Å². The molecule has 34 heavy (non-hydrogen) atoms. The first-order chi connectivity index (χ1) is 16.5. The van der Waals surface area contributed by atoms with Gasteiger partial charge in [-0.1, -0.05) is 66.7 Å². The third-order valence-corrected chi connectivity index (χ3v) is 6.52. The Kier molecular flexibility index (Phi) is 7.43. The summed E-state index contributed by atoms with van der Waals surface area (Å²) in [5.41, 5.74) is 4.48.